The molecule has 0 aromatic carbocycles. The Kier molecular flexibility index (Phi) is 5.38. The van der Waals surface area contributed by atoms with Crippen LogP contribution in [-0.4, -0.2) is 23.2 Å². The molecule has 0 aliphatic heterocycles. The van der Waals surface area contributed by atoms with E-state index >= 15 is 0 Å². The van der Waals surface area contributed by atoms with Gasteiger partial charge in [0.15, 0.2) is 0 Å². The van der Waals surface area contributed by atoms with Crippen LogP contribution in [0.15, 0.2) is 12.1 Å². The van der Waals surface area contributed by atoms with Crippen molar-refractivity contribution >= 4 is 17.2 Å². The minimum Gasteiger partial charge on any atom is -0.384 e. The predicted molar refractivity (Wildman–Crippen MR) is 83.9 cm³/mol. The molecule has 0 fully saturated rings. The van der Waals surface area contributed by atoms with Crippen molar-refractivity contribution < 1.29 is 9.90 Å². The van der Waals surface area contributed by atoms with Gasteiger partial charge < -0.3 is 10.4 Å². The van der Waals surface area contributed by atoms with Crippen LogP contribution in [0.5, 0.6) is 0 Å². The number of thiophene rings is 1. The van der Waals surface area contributed by atoms with Gasteiger partial charge in [0.1, 0.15) is 6.61 Å². The third-order valence-corrected chi connectivity index (χ3v) is 3.54. The topological polar surface area (TPSA) is 49.3 Å². The van der Waals surface area contributed by atoms with Crippen molar-refractivity contribution in [2.75, 3.05) is 6.61 Å². The lowest BCUT2D eigenvalue weighted by atomic mass is 9.82. The molecule has 110 valence electrons. The van der Waals surface area contributed by atoms with Gasteiger partial charge in [0.05, 0.1) is 9.75 Å². The largest absolute Gasteiger partial charge is 0.384 e. The second-order valence-corrected chi connectivity index (χ2v) is 7.78. The number of amides is 1. The van der Waals surface area contributed by atoms with Gasteiger partial charge in [0.25, 0.3) is 5.91 Å². The fraction of sp³-hybridized carbons (Fsp3) is 0.562. The summed E-state index contributed by atoms with van der Waals surface area (Å²) in [5.74, 6) is 5.32. The average Bonchev–Trinajstić information content (AvgIpc) is 2.70. The minimum atomic E-state index is -0.254. The van der Waals surface area contributed by atoms with E-state index in [0.29, 0.717) is 4.88 Å². The van der Waals surface area contributed by atoms with Crippen molar-refractivity contribution in [1.82, 2.24) is 5.32 Å². The highest BCUT2D eigenvalue weighted by atomic mass is 32.1. The summed E-state index contributed by atoms with van der Waals surface area (Å²) in [5.41, 5.74) is -0.0970. The molecule has 0 saturated carbocycles. The molecule has 1 aromatic heterocycles. The predicted octanol–water partition coefficient (Wildman–Crippen LogP) is 3.04. The van der Waals surface area contributed by atoms with E-state index in [4.69, 9.17) is 5.11 Å². The molecule has 1 heterocycles. The van der Waals surface area contributed by atoms with Crippen molar-refractivity contribution in [3.05, 3.63) is 21.9 Å². The Bertz CT molecular complexity index is 527. The van der Waals surface area contributed by atoms with Gasteiger partial charge in [0, 0.05) is 5.54 Å². The molecule has 1 rings (SSSR count). The van der Waals surface area contributed by atoms with Crippen molar-refractivity contribution in [3.63, 3.8) is 0 Å². The fourth-order valence-corrected chi connectivity index (χ4v) is 3.17. The van der Waals surface area contributed by atoms with Crippen LogP contribution in [-0.2, 0) is 0 Å². The highest BCUT2D eigenvalue weighted by Gasteiger charge is 2.27. The number of hydrogen-bond donors (Lipinski definition) is 2. The lowest BCUT2D eigenvalue weighted by Gasteiger charge is -2.33. The summed E-state index contributed by atoms with van der Waals surface area (Å²) in [7, 11) is 0. The Labute approximate surface area is 125 Å². The van der Waals surface area contributed by atoms with E-state index in [-0.39, 0.29) is 23.5 Å². The highest BCUT2D eigenvalue weighted by Crippen LogP contribution is 2.27. The van der Waals surface area contributed by atoms with Gasteiger partial charge in [-0.05, 0) is 37.8 Å². The van der Waals surface area contributed by atoms with Crippen LogP contribution in [0.1, 0.15) is 55.6 Å². The number of nitrogens with one attached hydrogen (secondary N) is 1. The Hall–Kier alpha value is -1.31. The van der Waals surface area contributed by atoms with Crippen LogP contribution >= 0.6 is 11.3 Å². The first-order valence-electron chi connectivity index (χ1n) is 6.65. The molecular weight excluding hydrogens is 270 g/mol. The van der Waals surface area contributed by atoms with Crippen LogP contribution in [0.4, 0.5) is 0 Å². The molecule has 0 bridgehead atoms. The molecule has 0 radical (unpaired) electrons. The normalized spacial score (nSPS) is 11.7. The first-order valence-corrected chi connectivity index (χ1v) is 7.47. The number of hydrogen-bond acceptors (Lipinski definition) is 3. The summed E-state index contributed by atoms with van der Waals surface area (Å²) in [6.45, 7) is 10.4. The average molecular weight is 293 g/mol. The Morgan fingerprint density at radius 1 is 1.30 bits per heavy atom. The Morgan fingerprint density at radius 3 is 2.50 bits per heavy atom. The molecule has 4 heteroatoms. The first-order chi connectivity index (χ1) is 9.13. The van der Waals surface area contributed by atoms with Crippen molar-refractivity contribution in [3.8, 4) is 11.8 Å². The quantitative estimate of drug-likeness (QED) is 0.842. The number of carbonyl (C=O) groups excluding carboxylic acids is 1. The van der Waals surface area contributed by atoms with Crippen LogP contribution in [0.2, 0.25) is 0 Å². The fourth-order valence-electron chi connectivity index (χ4n) is 2.39. The molecule has 2 N–H and O–H groups in total. The summed E-state index contributed by atoms with van der Waals surface area (Å²) in [5, 5.41) is 11.7. The smallest absolute Gasteiger partial charge is 0.261 e. The van der Waals surface area contributed by atoms with Gasteiger partial charge in [-0.2, -0.15) is 0 Å². The lowest BCUT2D eigenvalue weighted by molar-refractivity contribution is 0.0895. The highest BCUT2D eigenvalue weighted by molar-refractivity contribution is 7.14. The second-order valence-electron chi connectivity index (χ2n) is 6.70. The minimum absolute atomic E-state index is 0.0682. The Morgan fingerprint density at radius 2 is 1.95 bits per heavy atom. The van der Waals surface area contributed by atoms with Gasteiger partial charge in [0.2, 0.25) is 0 Å². The summed E-state index contributed by atoms with van der Waals surface area (Å²) >= 11 is 1.34. The SMILES string of the molecule is CC(C)(C)CC(C)(C)NC(=O)c1ccc(C#CCO)s1. The summed E-state index contributed by atoms with van der Waals surface area (Å²) < 4.78 is 0. The third-order valence-electron chi connectivity index (χ3n) is 2.54. The van der Waals surface area contributed by atoms with Crippen molar-refractivity contribution in [2.24, 2.45) is 5.41 Å². The van der Waals surface area contributed by atoms with Crippen LogP contribution in [0.3, 0.4) is 0 Å². The van der Waals surface area contributed by atoms with Crippen LogP contribution in [0, 0.1) is 17.3 Å². The van der Waals surface area contributed by atoms with Gasteiger partial charge in [-0.3, -0.25) is 4.79 Å². The number of carbonyl (C=O) groups is 1. The molecule has 0 atom stereocenters. The molecule has 0 unspecified atom stereocenters. The van der Waals surface area contributed by atoms with E-state index in [1.54, 1.807) is 12.1 Å². The molecule has 0 aliphatic rings. The molecule has 1 aromatic rings. The monoisotopic (exact) mass is 293 g/mol. The Balaban J connectivity index is 2.73. The summed E-state index contributed by atoms with van der Waals surface area (Å²) in [4.78, 5) is 13.7. The van der Waals surface area contributed by atoms with E-state index in [1.165, 1.54) is 11.3 Å². The van der Waals surface area contributed by atoms with E-state index < -0.39 is 0 Å². The molecule has 0 spiro atoms. The maximum Gasteiger partial charge on any atom is 0.261 e. The number of aliphatic hydroxyl groups excluding tert-OH is 1. The van der Waals surface area contributed by atoms with E-state index in [0.717, 1.165) is 11.3 Å². The van der Waals surface area contributed by atoms with Gasteiger partial charge >= 0.3 is 0 Å². The lowest BCUT2D eigenvalue weighted by Crippen LogP contribution is -2.45. The zero-order chi connectivity index (χ0) is 15.4. The summed E-state index contributed by atoms with van der Waals surface area (Å²) in [6, 6.07) is 3.58. The molecule has 1 amide bonds. The molecule has 0 saturated heterocycles. The maximum atomic E-state index is 12.2. The van der Waals surface area contributed by atoms with Gasteiger partial charge in [-0.15, -0.1) is 11.3 Å². The first kappa shape index (κ1) is 16.7. The second kappa shape index (κ2) is 6.43. The van der Waals surface area contributed by atoms with Crippen molar-refractivity contribution in [1.29, 1.82) is 0 Å². The summed E-state index contributed by atoms with van der Waals surface area (Å²) in [6.07, 6.45) is 0.897. The standard InChI is InChI=1S/C16H23NO2S/c1-15(2,3)11-16(4,5)17-14(19)13-9-8-12(20-13)7-6-10-18/h8-9,18H,10-11H2,1-5H3,(H,17,19). The van der Waals surface area contributed by atoms with E-state index in [9.17, 15) is 4.79 Å². The van der Waals surface area contributed by atoms with Gasteiger partial charge in [-0.1, -0.05) is 32.6 Å². The maximum absolute atomic E-state index is 12.2. The zero-order valence-electron chi connectivity index (χ0n) is 12.8. The molecule has 20 heavy (non-hydrogen) atoms. The zero-order valence-corrected chi connectivity index (χ0v) is 13.6. The molecule has 3 nitrogen and oxygen atoms in total. The van der Waals surface area contributed by atoms with E-state index in [2.05, 4.69) is 37.9 Å². The number of aliphatic hydroxyl groups is 1. The molecule has 0 aliphatic carbocycles. The third kappa shape index (κ3) is 5.77. The van der Waals surface area contributed by atoms with Crippen LogP contribution in [0.25, 0.3) is 0 Å². The number of rotatable bonds is 3. The van der Waals surface area contributed by atoms with E-state index in [1.807, 2.05) is 13.8 Å². The van der Waals surface area contributed by atoms with Gasteiger partial charge in [-0.25, -0.2) is 0 Å². The van der Waals surface area contributed by atoms with Crippen molar-refractivity contribution in [2.45, 2.75) is 46.6 Å². The molecular formula is C16H23NO2S. The van der Waals surface area contributed by atoms with Crippen LogP contribution < -0.4 is 5.32 Å².